The van der Waals surface area contributed by atoms with Crippen molar-refractivity contribution in [2.75, 3.05) is 13.7 Å². The van der Waals surface area contributed by atoms with Gasteiger partial charge in [0, 0.05) is 18.0 Å². The molecule has 108 valence electrons. The molecule has 0 amide bonds. The van der Waals surface area contributed by atoms with Crippen LogP contribution in [0.2, 0.25) is 0 Å². The van der Waals surface area contributed by atoms with Crippen LogP contribution in [-0.2, 0) is 4.74 Å². The molecule has 2 heterocycles. The van der Waals surface area contributed by atoms with Crippen molar-refractivity contribution in [3.05, 3.63) is 35.9 Å². The third kappa shape index (κ3) is 2.45. The molecule has 2 bridgehead atoms. The van der Waals surface area contributed by atoms with Gasteiger partial charge in [-0.3, -0.25) is 4.90 Å². The summed E-state index contributed by atoms with van der Waals surface area (Å²) < 4.78 is 5.41. The molecule has 1 aromatic rings. The average Bonchev–Trinajstić information content (AvgIpc) is 2.72. The first kappa shape index (κ1) is 13.6. The third-order valence-corrected chi connectivity index (χ3v) is 4.81. The number of aliphatic hydroxyl groups excluding tert-OH is 1. The highest BCUT2D eigenvalue weighted by atomic mass is 16.5. The van der Waals surface area contributed by atoms with Gasteiger partial charge in [-0.05, 0) is 38.4 Å². The number of piperidine rings is 1. The zero-order chi connectivity index (χ0) is 14.1. The van der Waals surface area contributed by atoms with E-state index in [2.05, 4.69) is 11.9 Å². The van der Waals surface area contributed by atoms with Crippen molar-refractivity contribution in [3.63, 3.8) is 0 Å². The first-order valence-electron chi connectivity index (χ1n) is 7.29. The van der Waals surface area contributed by atoms with Crippen LogP contribution in [0, 0.1) is 5.92 Å². The minimum Gasteiger partial charge on any atom is -0.462 e. The molecule has 0 saturated carbocycles. The molecule has 4 atom stereocenters. The second kappa shape index (κ2) is 5.54. The van der Waals surface area contributed by atoms with E-state index < -0.39 is 0 Å². The smallest absolute Gasteiger partial charge is 0.338 e. The highest BCUT2D eigenvalue weighted by Gasteiger charge is 2.45. The monoisotopic (exact) mass is 275 g/mol. The fourth-order valence-corrected chi connectivity index (χ4v) is 3.60. The van der Waals surface area contributed by atoms with Crippen LogP contribution in [0.3, 0.4) is 0 Å². The van der Waals surface area contributed by atoms with E-state index in [0.717, 1.165) is 19.3 Å². The molecular formula is C16H21NO3. The van der Waals surface area contributed by atoms with E-state index in [9.17, 15) is 9.90 Å². The quantitative estimate of drug-likeness (QED) is 0.853. The third-order valence-electron chi connectivity index (χ3n) is 4.81. The van der Waals surface area contributed by atoms with Gasteiger partial charge in [-0.1, -0.05) is 18.2 Å². The number of hydrogen-bond donors (Lipinski definition) is 1. The van der Waals surface area contributed by atoms with Crippen molar-refractivity contribution < 1.29 is 14.6 Å². The summed E-state index contributed by atoms with van der Waals surface area (Å²) in [6.07, 6.45) is 2.67. The van der Waals surface area contributed by atoms with Gasteiger partial charge in [0.2, 0.25) is 0 Å². The molecule has 20 heavy (non-hydrogen) atoms. The molecule has 0 aliphatic carbocycles. The summed E-state index contributed by atoms with van der Waals surface area (Å²) in [5, 5.41) is 10.2. The largest absolute Gasteiger partial charge is 0.462 e. The number of nitrogens with zero attached hydrogens (tertiary/aromatic N) is 1. The summed E-state index contributed by atoms with van der Waals surface area (Å²) in [6.45, 7) is 0.302. The Morgan fingerprint density at radius 3 is 2.85 bits per heavy atom. The Morgan fingerprint density at radius 1 is 1.35 bits per heavy atom. The highest BCUT2D eigenvalue weighted by molar-refractivity contribution is 5.89. The van der Waals surface area contributed by atoms with Crippen LogP contribution in [0.25, 0.3) is 0 Å². The minimum atomic E-state index is -0.354. The molecule has 2 fully saturated rings. The van der Waals surface area contributed by atoms with Gasteiger partial charge in [0.15, 0.2) is 0 Å². The molecule has 0 radical (unpaired) electrons. The zero-order valence-corrected chi connectivity index (χ0v) is 11.7. The minimum absolute atomic E-state index is 0.0337. The van der Waals surface area contributed by atoms with E-state index in [4.69, 9.17) is 4.74 Å². The normalized spacial score (nSPS) is 33.1. The maximum Gasteiger partial charge on any atom is 0.338 e. The lowest BCUT2D eigenvalue weighted by Gasteiger charge is -2.40. The molecule has 0 unspecified atom stereocenters. The Balaban J connectivity index is 1.62. The second-order valence-electron chi connectivity index (χ2n) is 5.90. The standard InChI is InChI=1S/C16H21NO3/c1-17-12-7-8-14(17)13(15(18)9-12)10-20-16(19)11-5-3-2-4-6-11/h2-6,12-15,18H,7-10H2,1H3/t12-,13+,14-,15-/m1/s1. The van der Waals surface area contributed by atoms with Crippen LogP contribution in [0.15, 0.2) is 30.3 Å². The van der Waals surface area contributed by atoms with Crippen LogP contribution in [0.4, 0.5) is 0 Å². The Bertz CT molecular complexity index is 476. The van der Waals surface area contributed by atoms with Crippen LogP contribution in [0.1, 0.15) is 29.6 Å². The van der Waals surface area contributed by atoms with E-state index in [1.54, 1.807) is 12.1 Å². The number of aliphatic hydroxyl groups is 1. The van der Waals surface area contributed by atoms with Crippen molar-refractivity contribution >= 4 is 5.97 Å². The van der Waals surface area contributed by atoms with E-state index in [0.29, 0.717) is 24.3 Å². The van der Waals surface area contributed by atoms with E-state index in [1.807, 2.05) is 18.2 Å². The lowest BCUT2D eigenvalue weighted by molar-refractivity contribution is -0.0382. The summed E-state index contributed by atoms with van der Waals surface area (Å²) >= 11 is 0. The number of esters is 1. The maximum atomic E-state index is 12.0. The van der Waals surface area contributed by atoms with Gasteiger partial charge >= 0.3 is 5.97 Å². The first-order valence-corrected chi connectivity index (χ1v) is 7.29. The van der Waals surface area contributed by atoms with E-state index in [-0.39, 0.29) is 18.0 Å². The molecule has 1 aromatic carbocycles. The van der Waals surface area contributed by atoms with Gasteiger partial charge in [0.05, 0.1) is 18.3 Å². The van der Waals surface area contributed by atoms with Crippen molar-refractivity contribution in [2.24, 2.45) is 5.92 Å². The number of ether oxygens (including phenoxy) is 1. The predicted octanol–water partition coefficient (Wildman–Crippen LogP) is 1.69. The van der Waals surface area contributed by atoms with Crippen LogP contribution in [0.5, 0.6) is 0 Å². The van der Waals surface area contributed by atoms with Gasteiger partial charge in [0.25, 0.3) is 0 Å². The molecule has 4 nitrogen and oxygen atoms in total. The fourth-order valence-electron chi connectivity index (χ4n) is 3.60. The number of fused-ring (bicyclic) bond motifs is 2. The van der Waals surface area contributed by atoms with Gasteiger partial charge in [-0.25, -0.2) is 4.79 Å². The van der Waals surface area contributed by atoms with Gasteiger partial charge in [-0.2, -0.15) is 0 Å². The van der Waals surface area contributed by atoms with Crippen LogP contribution < -0.4 is 0 Å². The topological polar surface area (TPSA) is 49.8 Å². The molecular weight excluding hydrogens is 254 g/mol. The van der Waals surface area contributed by atoms with Gasteiger partial charge < -0.3 is 9.84 Å². The van der Waals surface area contributed by atoms with Crippen LogP contribution >= 0.6 is 0 Å². The van der Waals surface area contributed by atoms with E-state index >= 15 is 0 Å². The number of benzene rings is 1. The Hall–Kier alpha value is -1.39. The Labute approximate surface area is 119 Å². The predicted molar refractivity (Wildman–Crippen MR) is 75.4 cm³/mol. The zero-order valence-electron chi connectivity index (χ0n) is 11.7. The number of carbonyl (C=O) groups is 1. The lowest BCUT2D eigenvalue weighted by atomic mass is 9.88. The molecule has 2 saturated heterocycles. The van der Waals surface area contributed by atoms with Gasteiger partial charge in [-0.15, -0.1) is 0 Å². The average molecular weight is 275 g/mol. The first-order chi connectivity index (χ1) is 9.66. The van der Waals surface area contributed by atoms with Crippen molar-refractivity contribution in [2.45, 2.75) is 37.5 Å². The van der Waals surface area contributed by atoms with E-state index in [1.165, 1.54) is 0 Å². The van der Waals surface area contributed by atoms with Crippen molar-refractivity contribution in [1.29, 1.82) is 0 Å². The summed E-state index contributed by atoms with van der Waals surface area (Å²) in [5.74, 6) is -0.271. The molecule has 2 aliphatic rings. The molecule has 4 heteroatoms. The SMILES string of the molecule is CN1[C@@H]2CC[C@@H]1[C@H](COC(=O)c1ccccc1)[C@H](O)C2. The Kier molecular flexibility index (Phi) is 3.76. The lowest BCUT2D eigenvalue weighted by Crippen LogP contribution is -2.50. The molecule has 1 N–H and O–H groups in total. The second-order valence-corrected chi connectivity index (χ2v) is 5.90. The van der Waals surface area contributed by atoms with Gasteiger partial charge in [0.1, 0.15) is 0 Å². The highest BCUT2D eigenvalue weighted by Crippen LogP contribution is 2.38. The Morgan fingerprint density at radius 2 is 2.10 bits per heavy atom. The number of carbonyl (C=O) groups excluding carboxylic acids is 1. The molecule has 2 aliphatic heterocycles. The number of hydrogen-bond acceptors (Lipinski definition) is 4. The summed E-state index contributed by atoms with van der Waals surface area (Å²) in [5.41, 5.74) is 0.565. The van der Waals surface area contributed by atoms with Crippen molar-refractivity contribution in [1.82, 2.24) is 4.90 Å². The summed E-state index contributed by atoms with van der Waals surface area (Å²) in [4.78, 5) is 14.3. The maximum absolute atomic E-state index is 12.0. The van der Waals surface area contributed by atoms with Crippen molar-refractivity contribution in [3.8, 4) is 0 Å². The summed E-state index contributed by atoms with van der Waals surface area (Å²) in [7, 11) is 2.11. The number of rotatable bonds is 3. The molecule has 3 rings (SSSR count). The molecule has 0 aromatic heterocycles. The molecule has 0 spiro atoms. The van der Waals surface area contributed by atoms with Crippen LogP contribution in [-0.4, -0.2) is 47.8 Å². The fraction of sp³-hybridized carbons (Fsp3) is 0.562. The summed E-state index contributed by atoms with van der Waals surface area (Å²) in [6, 6.07) is 9.84.